The number of nitrogens with zero attached hydrogens (tertiary/aromatic N) is 1. The zero-order valence-corrected chi connectivity index (χ0v) is 19.9. The van der Waals surface area contributed by atoms with Gasteiger partial charge in [0.15, 0.2) is 6.61 Å². The Bertz CT molecular complexity index is 826. The molecule has 0 aliphatic rings. The van der Waals surface area contributed by atoms with Crippen molar-refractivity contribution < 1.29 is 14.3 Å². The third kappa shape index (κ3) is 6.76. The zero-order valence-electron chi connectivity index (χ0n) is 16.3. The highest BCUT2D eigenvalue weighted by Gasteiger charge is 2.29. The predicted molar refractivity (Wildman–Crippen MR) is 124 cm³/mol. The van der Waals surface area contributed by atoms with Crippen molar-refractivity contribution in [3.05, 3.63) is 61.6 Å². The van der Waals surface area contributed by atoms with E-state index < -0.39 is 6.04 Å². The lowest BCUT2D eigenvalue weighted by molar-refractivity contribution is -0.142. The number of halogens is 3. The van der Waals surface area contributed by atoms with Crippen molar-refractivity contribution in [3.63, 3.8) is 0 Å². The normalized spacial score (nSPS) is 11.6. The number of hydrogen-bond acceptors (Lipinski definition) is 3. The van der Waals surface area contributed by atoms with E-state index >= 15 is 0 Å². The van der Waals surface area contributed by atoms with Crippen molar-refractivity contribution in [3.8, 4) is 5.75 Å². The van der Waals surface area contributed by atoms with E-state index in [1.54, 1.807) is 30.3 Å². The molecule has 0 aliphatic heterocycles. The Morgan fingerprint density at radius 2 is 1.72 bits per heavy atom. The van der Waals surface area contributed by atoms with E-state index in [4.69, 9.17) is 27.9 Å². The van der Waals surface area contributed by atoms with Crippen molar-refractivity contribution in [2.45, 2.75) is 32.9 Å². The first kappa shape index (κ1) is 23.8. The largest absolute Gasteiger partial charge is 0.484 e. The summed E-state index contributed by atoms with van der Waals surface area (Å²) in [5, 5.41) is 3.67. The van der Waals surface area contributed by atoms with Crippen LogP contribution in [0.15, 0.2) is 42.5 Å². The van der Waals surface area contributed by atoms with Crippen molar-refractivity contribution in [1.29, 1.82) is 0 Å². The maximum absolute atomic E-state index is 13.1. The highest BCUT2D eigenvalue weighted by atomic mass is 127. The van der Waals surface area contributed by atoms with Gasteiger partial charge in [-0.3, -0.25) is 9.59 Å². The molecule has 0 spiro atoms. The molecule has 0 saturated heterocycles. The summed E-state index contributed by atoms with van der Waals surface area (Å²) in [7, 11) is 0. The Morgan fingerprint density at radius 1 is 1.10 bits per heavy atom. The van der Waals surface area contributed by atoms with Crippen LogP contribution >= 0.6 is 45.8 Å². The lowest BCUT2D eigenvalue weighted by Crippen LogP contribution is -2.50. The maximum Gasteiger partial charge on any atom is 0.261 e. The van der Waals surface area contributed by atoms with E-state index in [-0.39, 0.29) is 25.0 Å². The number of carbonyl (C=O) groups is 2. The molecule has 5 nitrogen and oxygen atoms in total. The van der Waals surface area contributed by atoms with Crippen LogP contribution in [-0.4, -0.2) is 35.9 Å². The summed E-state index contributed by atoms with van der Waals surface area (Å²) >= 11 is 14.8. The van der Waals surface area contributed by atoms with Crippen molar-refractivity contribution in [2.24, 2.45) is 0 Å². The zero-order chi connectivity index (χ0) is 21.4. The molecule has 2 aromatic rings. The molecule has 0 radical (unpaired) electrons. The lowest BCUT2D eigenvalue weighted by atomic mass is 10.1. The van der Waals surface area contributed by atoms with Crippen LogP contribution in [0.25, 0.3) is 0 Å². The minimum absolute atomic E-state index is 0.114. The maximum atomic E-state index is 13.1. The minimum atomic E-state index is -0.657. The van der Waals surface area contributed by atoms with Gasteiger partial charge in [-0.05, 0) is 72.3 Å². The lowest BCUT2D eigenvalue weighted by Gasteiger charge is -2.31. The molecule has 8 heteroatoms. The summed E-state index contributed by atoms with van der Waals surface area (Å²) in [6.45, 7) is 4.08. The molecule has 0 heterocycles. The molecule has 0 aromatic heterocycles. The second-order valence-electron chi connectivity index (χ2n) is 6.28. The molecule has 156 valence electrons. The molecule has 0 aliphatic carbocycles. The average molecular weight is 549 g/mol. The van der Waals surface area contributed by atoms with Crippen LogP contribution in [-0.2, 0) is 16.1 Å². The first-order valence-electron chi connectivity index (χ1n) is 9.25. The summed E-state index contributed by atoms with van der Waals surface area (Å²) in [6.07, 6.45) is 0.448. The second-order valence-corrected chi connectivity index (χ2v) is 8.34. The third-order valence-electron chi connectivity index (χ3n) is 4.30. The Hall–Kier alpha value is -1.51. The average Bonchev–Trinajstić information content (AvgIpc) is 2.69. The van der Waals surface area contributed by atoms with Gasteiger partial charge in [0.05, 0.1) is 0 Å². The van der Waals surface area contributed by atoms with Crippen molar-refractivity contribution in [2.75, 3.05) is 13.2 Å². The molecule has 0 saturated carbocycles. The standard InChI is InChI=1S/C21H23Cl2IN2O3/c1-3-19(21(28)25-4-2)26(12-16-17(22)6-5-7-18(16)23)20(27)13-29-15-10-8-14(24)9-11-15/h5-11,19H,3-4,12-13H2,1-2H3,(H,25,28)/t19-/m1/s1. The quantitative estimate of drug-likeness (QED) is 0.452. The highest BCUT2D eigenvalue weighted by molar-refractivity contribution is 14.1. The van der Waals surface area contributed by atoms with Crippen molar-refractivity contribution in [1.82, 2.24) is 10.2 Å². The number of rotatable bonds is 9. The van der Waals surface area contributed by atoms with E-state index in [2.05, 4.69) is 27.9 Å². The van der Waals surface area contributed by atoms with Gasteiger partial charge in [-0.25, -0.2) is 0 Å². The highest BCUT2D eigenvalue weighted by Crippen LogP contribution is 2.27. The first-order valence-corrected chi connectivity index (χ1v) is 11.1. The van der Waals surface area contributed by atoms with Crippen LogP contribution in [0.5, 0.6) is 5.75 Å². The number of hydrogen-bond donors (Lipinski definition) is 1. The Balaban J connectivity index is 2.25. The van der Waals surface area contributed by atoms with Gasteiger partial charge in [-0.1, -0.05) is 36.2 Å². The summed E-state index contributed by atoms with van der Waals surface area (Å²) in [5.74, 6) is 0.0407. The SMILES string of the molecule is CCNC(=O)[C@@H](CC)N(Cc1c(Cl)cccc1Cl)C(=O)COc1ccc(I)cc1. The molecule has 0 bridgehead atoms. The molecule has 2 amide bonds. The Labute approximate surface area is 194 Å². The number of nitrogens with one attached hydrogen (secondary N) is 1. The van der Waals surface area contributed by atoms with Crippen LogP contribution in [0.4, 0.5) is 0 Å². The van der Waals surface area contributed by atoms with Gasteiger partial charge in [0, 0.05) is 32.3 Å². The Kier molecular flexibility index (Phi) is 9.52. The van der Waals surface area contributed by atoms with Gasteiger partial charge in [0.1, 0.15) is 11.8 Å². The summed E-state index contributed by atoms with van der Waals surface area (Å²) in [6, 6.07) is 11.9. The molecule has 0 fully saturated rings. The fraction of sp³-hybridized carbons (Fsp3) is 0.333. The molecule has 1 atom stereocenters. The van der Waals surface area contributed by atoms with Gasteiger partial charge >= 0.3 is 0 Å². The number of ether oxygens (including phenoxy) is 1. The molecular weight excluding hydrogens is 526 g/mol. The van der Waals surface area contributed by atoms with Crippen LogP contribution in [0.3, 0.4) is 0 Å². The Morgan fingerprint density at radius 3 is 2.28 bits per heavy atom. The second kappa shape index (κ2) is 11.6. The topological polar surface area (TPSA) is 58.6 Å². The van der Waals surface area contributed by atoms with Gasteiger partial charge in [0.2, 0.25) is 5.91 Å². The predicted octanol–water partition coefficient (Wildman–Crippen LogP) is 4.92. The van der Waals surface area contributed by atoms with E-state index in [0.717, 1.165) is 3.57 Å². The summed E-state index contributed by atoms with van der Waals surface area (Å²) in [5.41, 5.74) is 0.598. The molecule has 1 N–H and O–H groups in total. The van der Waals surface area contributed by atoms with Gasteiger partial charge in [0.25, 0.3) is 5.91 Å². The van der Waals surface area contributed by atoms with Gasteiger partial charge in [-0.2, -0.15) is 0 Å². The number of benzene rings is 2. The van der Waals surface area contributed by atoms with Crippen LogP contribution in [0.2, 0.25) is 10.0 Å². The van der Waals surface area contributed by atoms with Crippen LogP contribution in [0.1, 0.15) is 25.8 Å². The fourth-order valence-electron chi connectivity index (χ4n) is 2.82. The number of amides is 2. The van der Waals surface area contributed by atoms with E-state index in [1.165, 1.54) is 4.90 Å². The summed E-state index contributed by atoms with van der Waals surface area (Å²) in [4.78, 5) is 27.1. The molecule has 2 rings (SSSR count). The molecular formula is C21H23Cl2IN2O3. The molecule has 2 aromatic carbocycles. The van der Waals surface area contributed by atoms with E-state index in [0.29, 0.717) is 34.3 Å². The number of carbonyl (C=O) groups excluding carboxylic acids is 2. The van der Waals surface area contributed by atoms with Gasteiger partial charge < -0.3 is 15.0 Å². The monoisotopic (exact) mass is 548 g/mol. The van der Waals surface area contributed by atoms with Crippen LogP contribution in [0, 0.1) is 3.57 Å². The number of likely N-dealkylation sites (N-methyl/N-ethyl adjacent to an activating group) is 1. The van der Waals surface area contributed by atoms with E-state index in [9.17, 15) is 9.59 Å². The van der Waals surface area contributed by atoms with Gasteiger partial charge in [-0.15, -0.1) is 0 Å². The fourth-order valence-corrected chi connectivity index (χ4v) is 3.70. The first-order chi connectivity index (χ1) is 13.9. The molecule has 0 unspecified atom stereocenters. The van der Waals surface area contributed by atoms with Crippen molar-refractivity contribution >= 4 is 57.6 Å². The van der Waals surface area contributed by atoms with Crippen LogP contribution < -0.4 is 10.1 Å². The summed E-state index contributed by atoms with van der Waals surface area (Å²) < 4.78 is 6.71. The smallest absolute Gasteiger partial charge is 0.261 e. The third-order valence-corrected chi connectivity index (χ3v) is 5.73. The molecule has 29 heavy (non-hydrogen) atoms. The van der Waals surface area contributed by atoms with E-state index in [1.807, 2.05) is 26.0 Å². The minimum Gasteiger partial charge on any atom is -0.484 e.